The molecule has 0 spiro atoms. The SMILES string of the molecule is OCC1O[C@@H]2O[C@@H]3C(CO)O[C@H](O[C@@H]4C(CO)O[C@H](O[C@@H]5C(CO)O[C@H](O[C@]6(O)CO[C@H](O[C@]7(O)CO[C@H](O[C@@H]8C(CO)O[C@H](O[C@H]1C(O)[C@@H]2O)C(O)[C@H]8O)C(O)[C@H]7O)C(O)[C@H]6O)[C@@H](O)C5O)[C@@H](O)C4O)[C@@H](O)C3O. The van der Waals surface area contributed by atoms with Crippen LogP contribution >= 0.6 is 0 Å². The van der Waals surface area contributed by atoms with Crippen LogP contribution in [0.5, 0.6) is 0 Å². The minimum absolute atomic E-state index is 1.05. The van der Waals surface area contributed by atoms with Crippen LogP contribution in [0.25, 0.3) is 0 Å². The Balaban J connectivity index is 1.06. The number of rotatable bonds is 5. The summed E-state index contributed by atoms with van der Waals surface area (Å²) in [5.74, 6) is -6.16. The van der Waals surface area contributed by atoms with Gasteiger partial charge in [-0.15, -0.1) is 0 Å². The van der Waals surface area contributed by atoms with Gasteiger partial charge in [0.05, 0.1) is 33.0 Å². The second-order valence-corrected chi connectivity index (χ2v) is 19.2. The Morgan fingerprint density at radius 3 is 0.787 bits per heavy atom. The summed E-state index contributed by atoms with van der Waals surface area (Å²) in [7, 11) is 0. The summed E-state index contributed by atoms with van der Waals surface area (Å²) in [6.07, 6.45) is -64.8. The summed E-state index contributed by atoms with van der Waals surface area (Å²) in [5, 5.41) is 230. The Bertz CT molecular complexity index is 1820. The average molecular weight is 1110 g/mol. The van der Waals surface area contributed by atoms with E-state index in [1.54, 1.807) is 0 Å². The first-order valence-electron chi connectivity index (χ1n) is 23.6. The van der Waals surface area contributed by atoms with Gasteiger partial charge in [0.1, 0.15) is 160 Å². The van der Waals surface area contributed by atoms with Gasteiger partial charge in [0, 0.05) is 0 Å². The lowest BCUT2D eigenvalue weighted by molar-refractivity contribution is -0.452. The third kappa shape index (κ3) is 11.3. The highest BCUT2D eigenvalue weighted by atomic mass is 16.8. The van der Waals surface area contributed by atoms with E-state index in [0.29, 0.717) is 0 Å². The molecule has 0 aromatic carbocycles. The highest BCUT2D eigenvalue weighted by Gasteiger charge is 2.61. The molecule has 21 heterocycles. The van der Waals surface area contributed by atoms with Crippen molar-refractivity contribution >= 4 is 0 Å². The van der Waals surface area contributed by atoms with Crippen molar-refractivity contribution in [3.05, 3.63) is 0 Å². The van der Waals surface area contributed by atoms with Crippen molar-refractivity contribution in [3.63, 3.8) is 0 Å². The van der Waals surface area contributed by atoms with Crippen LogP contribution < -0.4 is 0 Å². The van der Waals surface area contributed by atoms with E-state index in [1.807, 2.05) is 0 Å². The number of ether oxygens (including phenoxy) is 14. The molecule has 21 aliphatic rings. The predicted molar refractivity (Wildman–Crippen MR) is 219 cm³/mol. The highest BCUT2D eigenvalue weighted by molar-refractivity contribution is 5.01. The lowest BCUT2D eigenvalue weighted by atomic mass is 9.95. The lowest BCUT2D eigenvalue weighted by Gasteiger charge is -2.50. The largest absolute Gasteiger partial charge is 0.394 e. The third-order valence-electron chi connectivity index (χ3n) is 14.2. The molecular weight excluding hydrogens is 1040 g/mol. The zero-order valence-corrected chi connectivity index (χ0v) is 39.0. The molecule has 21 N–H and O–H groups in total. The number of hydrogen-bond donors (Lipinski definition) is 21. The maximum Gasteiger partial charge on any atom is 0.221 e. The Morgan fingerprint density at radius 1 is 0.267 bits per heavy atom. The van der Waals surface area contributed by atoms with E-state index in [-0.39, 0.29) is 0 Å². The minimum atomic E-state index is -3.10. The molecule has 0 saturated carbocycles. The van der Waals surface area contributed by atoms with Crippen LogP contribution in [-0.2, 0) is 66.3 Å². The molecule has 14 bridgehead atoms. The summed E-state index contributed by atoms with van der Waals surface area (Å²) in [4.78, 5) is 0. The van der Waals surface area contributed by atoms with Gasteiger partial charge in [-0.05, 0) is 0 Å². The zero-order chi connectivity index (χ0) is 54.7. The fourth-order valence-corrected chi connectivity index (χ4v) is 9.86. The highest BCUT2D eigenvalue weighted by Crippen LogP contribution is 2.39. The van der Waals surface area contributed by atoms with E-state index in [4.69, 9.17) is 66.3 Å². The third-order valence-corrected chi connectivity index (χ3v) is 14.2. The summed E-state index contributed by atoms with van der Waals surface area (Å²) in [6.45, 7) is -7.70. The predicted octanol–water partition coefficient (Wildman–Crippen LogP) is -15.3. The van der Waals surface area contributed by atoms with Crippen molar-refractivity contribution in [1.82, 2.24) is 0 Å². The second-order valence-electron chi connectivity index (χ2n) is 19.2. The lowest BCUT2D eigenvalue weighted by Crippen LogP contribution is -2.70. The van der Waals surface area contributed by atoms with Crippen LogP contribution in [0.1, 0.15) is 0 Å². The molecule has 12 unspecified atom stereocenters. The summed E-state index contributed by atoms with van der Waals surface area (Å²) in [5.41, 5.74) is 0. The van der Waals surface area contributed by atoms with Crippen molar-refractivity contribution < 1.29 is 174 Å². The quantitative estimate of drug-likeness (QED) is 0.122. The van der Waals surface area contributed by atoms with Crippen molar-refractivity contribution in [2.45, 2.75) is 202 Å². The molecule has 21 aliphatic heterocycles. The standard InChI is InChI=1S/C40H66O35/c41-1-8-25-13(46)18(51)34(64-8)70-26-9(2-42)65-35(19(52)14(26)47)71-27-10(3-43)66-36(20(53)15(27)48)72-28-11(4-44)67-37(21(54)16(28)49)73-29-12(5-45)68-38(22(55)17(29)50)75-40(61)7-63-33(24(57)31(40)59)74-39(60)6-62-32(69-25)23(56)30(39)58/h8-38,41-61H,1-7H2/t8?,9?,10?,11?,12?,13-,14?,15?,16?,17?,18?,19+,20+,21+,22+,23?,24?,25-,26-,27-,28-,29-,30-,31-,32-,33-,34-,35-,36-,37-,38-,39-,40-/m1/s1. The van der Waals surface area contributed by atoms with E-state index in [2.05, 4.69) is 0 Å². The number of aliphatic hydroxyl groups excluding tert-OH is 19. The van der Waals surface area contributed by atoms with Crippen molar-refractivity contribution in [1.29, 1.82) is 0 Å². The van der Waals surface area contributed by atoms with E-state index < -0.39 is 248 Å². The van der Waals surface area contributed by atoms with E-state index in [1.165, 1.54) is 0 Å². The Kier molecular flexibility index (Phi) is 19.1. The van der Waals surface area contributed by atoms with Gasteiger partial charge in [-0.25, -0.2) is 0 Å². The van der Waals surface area contributed by atoms with Crippen molar-refractivity contribution in [2.75, 3.05) is 46.2 Å². The van der Waals surface area contributed by atoms with Gasteiger partial charge in [0.2, 0.25) is 11.6 Å². The van der Waals surface area contributed by atoms with Gasteiger partial charge in [-0.2, -0.15) is 0 Å². The molecule has 0 aromatic heterocycles. The zero-order valence-electron chi connectivity index (χ0n) is 39.0. The van der Waals surface area contributed by atoms with Crippen molar-refractivity contribution in [2.24, 2.45) is 0 Å². The summed E-state index contributed by atoms with van der Waals surface area (Å²) in [6, 6.07) is 0. The Morgan fingerprint density at radius 2 is 0.493 bits per heavy atom. The van der Waals surface area contributed by atoms with Gasteiger partial charge in [0.15, 0.2) is 44.0 Å². The maximum absolute atomic E-state index is 11.3. The van der Waals surface area contributed by atoms with Gasteiger partial charge in [0.25, 0.3) is 0 Å². The van der Waals surface area contributed by atoms with Crippen LogP contribution in [0.3, 0.4) is 0 Å². The normalized spacial score (nSPS) is 56.5. The molecule has 0 aromatic rings. The van der Waals surface area contributed by atoms with Crippen LogP contribution in [0.15, 0.2) is 0 Å². The first-order valence-corrected chi connectivity index (χ1v) is 23.6. The van der Waals surface area contributed by atoms with E-state index in [0.717, 1.165) is 0 Å². The Hall–Kier alpha value is -1.40. The summed E-state index contributed by atoms with van der Waals surface area (Å²) < 4.78 is 77.6. The molecule has 75 heavy (non-hydrogen) atoms. The fraction of sp³-hybridized carbons (Fsp3) is 1.00. The molecule has 436 valence electrons. The van der Waals surface area contributed by atoms with Gasteiger partial charge in [-0.3, -0.25) is 0 Å². The van der Waals surface area contributed by atoms with Crippen LogP contribution in [0.2, 0.25) is 0 Å². The first-order chi connectivity index (χ1) is 35.4. The monoisotopic (exact) mass is 1110 g/mol. The molecule has 35 heteroatoms. The van der Waals surface area contributed by atoms with Gasteiger partial charge < -0.3 is 174 Å². The van der Waals surface area contributed by atoms with Crippen LogP contribution in [0, 0.1) is 0 Å². The molecule has 21 saturated heterocycles. The van der Waals surface area contributed by atoms with Crippen molar-refractivity contribution in [3.8, 4) is 0 Å². The van der Waals surface area contributed by atoms with E-state index >= 15 is 0 Å². The van der Waals surface area contributed by atoms with Gasteiger partial charge >= 0.3 is 0 Å². The average Bonchev–Trinajstić information content (AvgIpc) is 3.40. The first kappa shape index (κ1) is 59.7. The Labute approximate surface area is 421 Å². The molecule has 0 aliphatic carbocycles. The summed E-state index contributed by atoms with van der Waals surface area (Å²) >= 11 is 0. The fourth-order valence-electron chi connectivity index (χ4n) is 9.86. The van der Waals surface area contributed by atoms with Crippen LogP contribution in [0.4, 0.5) is 0 Å². The van der Waals surface area contributed by atoms with Gasteiger partial charge in [-0.1, -0.05) is 0 Å². The molecule has 21 fully saturated rings. The minimum Gasteiger partial charge on any atom is -0.394 e. The number of aliphatic hydroxyl groups is 21. The molecular formula is C40H66O35. The second kappa shape index (κ2) is 24.0. The molecule has 33 atom stereocenters. The van der Waals surface area contributed by atoms with Crippen LogP contribution in [-0.4, -0.2) is 356 Å². The topological polar surface area (TPSA) is 554 Å². The molecule has 35 nitrogen and oxygen atoms in total. The smallest absolute Gasteiger partial charge is 0.221 e. The number of hydrogen-bond acceptors (Lipinski definition) is 35. The maximum atomic E-state index is 11.3. The molecule has 21 rings (SSSR count). The molecule has 0 amide bonds. The van der Waals surface area contributed by atoms with E-state index in [9.17, 15) is 107 Å². The molecule has 0 radical (unpaired) electrons.